The third kappa shape index (κ3) is 5.86. The number of methoxy groups -OCH3 is 1. The van der Waals surface area contributed by atoms with E-state index in [-0.39, 0.29) is 6.42 Å². The molecule has 0 aromatic heterocycles. The highest BCUT2D eigenvalue weighted by Crippen LogP contribution is 2.19. The Morgan fingerprint density at radius 3 is 2.31 bits per heavy atom. The number of ether oxygens (including phenoxy) is 2. The Labute approximate surface area is 150 Å². The van der Waals surface area contributed by atoms with Crippen LogP contribution in [0.5, 0.6) is 5.75 Å². The lowest BCUT2D eigenvalue weighted by molar-refractivity contribution is -0.137. The van der Waals surface area contributed by atoms with Gasteiger partial charge in [-0.05, 0) is 42.0 Å². The molecule has 0 heterocycles. The number of amides is 1. The summed E-state index contributed by atoms with van der Waals surface area (Å²) in [5.74, 6) is -1.33. The molecule has 26 heavy (non-hydrogen) atoms. The van der Waals surface area contributed by atoms with E-state index in [0.717, 1.165) is 0 Å². The minimum atomic E-state index is -1.07. The maximum atomic E-state index is 13.1. The largest absolute Gasteiger partial charge is 0.491 e. The molecule has 0 spiro atoms. The van der Waals surface area contributed by atoms with Crippen LogP contribution >= 0.6 is 0 Å². The second-order valence-electron chi connectivity index (χ2n) is 5.54. The van der Waals surface area contributed by atoms with Crippen molar-refractivity contribution in [3.63, 3.8) is 0 Å². The summed E-state index contributed by atoms with van der Waals surface area (Å²) in [5.41, 5.74) is 0.878. The number of aliphatic carboxylic acids is 1. The van der Waals surface area contributed by atoms with Gasteiger partial charge in [0, 0.05) is 12.7 Å². The molecule has 6 nitrogen and oxygen atoms in total. The van der Waals surface area contributed by atoms with Crippen LogP contribution in [0.1, 0.15) is 28.4 Å². The molecule has 2 N–H and O–H groups in total. The Morgan fingerprint density at radius 1 is 1.08 bits per heavy atom. The lowest BCUT2D eigenvalue weighted by atomic mass is 10.0. The minimum absolute atomic E-state index is 0.310. The standard InChI is InChI=1S/C19H20FNO5/c1-25-10-11-26-16-8-4-14(5-9-16)19(24)21-17(12-18(22)23)13-2-6-15(20)7-3-13/h2-9,17H,10-12H2,1H3,(H,21,24)(H,22,23). The number of hydrogen-bond donors (Lipinski definition) is 2. The SMILES string of the molecule is COCCOc1ccc(C(=O)NC(CC(=O)O)c2ccc(F)cc2)cc1. The smallest absolute Gasteiger partial charge is 0.305 e. The van der Waals surface area contributed by atoms with Crippen molar-refractivity contribution in [2.75, 3.05) is 20.3 Å². The zero-order chi connectivity index (χ0) is 18.9. The second-order valence-corrected chi connectivity index (χ2v) is 5.54. The number of carboxylic acids is 1. The van der Waals surface area contributed by atoms with Crippen molar-refractivity contribution in [3.8, 4) is 5.75 Å². The van der Waals surface area contributed by atoms with Gasteiger partial charge in [-0.25, -0.2) is 4.39 Å². The van der Waals surface area contributed by atoms with Crippen LogP contribution < -0.4 is 10.1 Å². The van der Waals surface area contributed by atoms with E-state index in [1.165, 1.54) is 24.3 Å². The van der Waals surface area contributed by atoms with Gasteiger partial charge in [-0.1, -0.05) is 12.1 Å². The normalized spacial score (nSPS) is 11.6. The number of benzene rings is 2. The quantitative estimate of drug-likeness (QED) is 0.671. The first-order valence-corrected chi connectivity index (χ1v) is 7.99. The van der Waals surface area contributed by atoms with Gasteiger partial charge in [0.2, 0.25) is 0 Å². The molecule has 2 aromatic carbocycles. The lowest BCUT2D eigenvalue weighted by Gasteiger charge is -2.17. The summed E-state index contributed by atoms with van der Waals surface area (Å²) in [6.07, 6.45) is -0.310. The summed E-state index contributed by atoms with van der Waals surface area (Å²) < 4.78 is 23.4. The fourth-order valence-corrected chi connectivity index (χ4v) is 2.31. The van der Waals surface area contributed by atoms with Crippen molar-refractivity contribution in [1.82, 2.24) is 5.32 Å². The molecule has 1 unspecified atom stereocenters. The van der Waals surface area contributed by atoms with Gasteiger partial charge in [0.15, 0.2) is 0 Å². The van der Waals surface area contributed by atoms with Crippen molar-refractivity contribution in [1.29, 1.82) is 0 Å². The summed E-state index contributed by atoms with van der Waals surface area (Å²) in [5, 5.41) is 11.7. The fourth-order valence-electron chi connectivity index (χ4n) is 2.31. The summed E-state index contributed by atoms with van der Waals surface area (Å²) in [4.78, 5) is 23.5. The topological polar surface area (TPSA) is 84.9 Å². The lowest BCUT2D eigenvalue weighted by Crippen LogP contribution is -2.30. The van der Waals surface area contributed by atoms with Gasteiger partial charge in [-0.2, -0.15) is 0 Å². The molecule has 0 aliphatic carbocycles. The van der Waals surface area contributed by atoms with E-state index in [9.17, 15) is 14.0 Å². The first-order chi connectivity index (χ1) is 12.5. The Kier molecular flexibility index (Phi) is 7.11. The predicted molar refractivity (Wildman–Crippen MR) is 92.7 cm³/mol. The Morgan fingerprint density at radius 2 is 1.73 bits per heavy atom. The van der Waals surface area contributed by atoms with Crippen molar-refractivity contribution < 1.29 is 28.6 Å². The van der Waals surface area contributed by atoms with Gasteiger partial charge in [0.05, 0.1) is 19.1 Å². The Bertz CT molecular complexity index is 731. The number of nitrogens with one attached hydrogen (secondary N) is 1. The molecule has 138 valence electrons. The van der Waals surface area contributed by atoms with Gasteiger partial charge in [-0.3, -0.25) is 9.59 Å². The van der Waals surface area contributed by atoms with E-state index in [1.807, 2.05) is 0 Å². The average molecular weight is 361 g/mol. The van der Waals surface area contributed by atoms with E-state index in [1.54, 1.807) is 31.4 Å². The first kappa shape index (κ1) is 19.4. The fraction of sp³-hybridized carbons (Fsp3) is 0.263. The van der Waals surface area contributed by atoms with Crippen molar-refractivity contribution in [3.05, 3.63) is 65.5 Å². The van der Waals surface area contributed by atoms with Gasteiger partial charge < -0.3 is 19.9 Å². The zero-order valence-electron chi connectivity index (χ0n) is 14.3. The van der Waals surface area contributed by atoms with Crippen LogP contribution in [-0.4, -0.2) is 37.3 Å². The third-order valence-electron chi connectivity index (χ3n) is 3.63. The average Bonchev–Trinajstić information content (AvgIpc) is 2.62. The maximum Gasteiger partial charge on any atom is 0.305 e. The molecular weight excluding hydrogens is 341 g/mol. The van der Waals surface area contributed by atoms with Crippen LogP contribution in [0.4, 0.5) is 4.39 Å². The molecule has 0 saturated heterocycles. The predicted octanol–water partition coefficient (Wildman–Crippen LogP) is 2.80. The summed E-state index contributed by atoms with van der Waals surface area (Å²) in [6, 6.07) is 11.1. The van der Waals surface area contributed by atoms with E-state index < -0.39 is 23.7 Å². The molecule has 0 bridgehead atoms. The van der Waals surface area contributed by atoms with Crippen LogP contribution in [0.15, 0.2) is 48.5 Å². The summed E-state index contributed by atoms with van der Waals surface area (Å²) in [6.45, 7) is 0.851. The molecule has 0 fully saturated rings. The summed E-state index contributed by atoms with van der Waals surface area (Å²) in [7, 11) is 1.57. The number of carbonyl (C=O) groups excluding carboxylic acids is 1. The van der Waals surface area contributed by atoms with Gasteiger partial charge in [0.25, 0.3) is 5.91 Å². The van der Waals surface area contributed by atoms with E-state index in [0.29, 0.717) is 30.1 Å². The minimum Gasteiger partial charge on any atom is -0.491 e. The van der Waals surface area contributed by atoms with Gasteiger partial charge in [0.1, 0.15) is 18.2 Å². The van der Waals surface area contributed by atoms with Crippen molar-refractivity contribution in [2.24, 2.45) is 0 Å². The molecule has 2 aromatic rings. The molecule has 0 aliphatic heterocycles. The van der Waals surface area contributed by atoms with Crippen LogP contribution in [-0.2, 0) is 9.53 Å². The second kappa shape index (κ2) is 9.53. The highest BCUT2D eigenvalue weighted by molar-refractivity contribution is 5.94. The number of rotatable bonds is 9. The van der Waals surface area contributed by atoms with Crippen molar-refractivity contribution in [2.45, 2.75) is 12.5 Å². The van der Waals surface area contributed by atoms with E-state index in [4.69, 9.17) is 14.6 Å². The highest BCUT2D eigenvalue weighted by atomic mass is 19.1. The van der Waals surface area contributed by atoms with Gasteiger partial charge in [-0.15, -0.1) is 0 Å². The molecule has 0 aliphatic rings. The molecule has 1 amide bonds. The van der Waals surface area contributed by atoms with Crippen LogP contribution in [0.3, 0.4) is 0 Å². The third-order valence-corrected chi connectivity index (χ3v) is 3.63. The highest BCUT2D eigenvalue weighted by Gasteiger charge is 2.19. The number of carboxylic acid groups (broad SMARTS) is 1. The van der Waals surface area contributed by atoms with Crippen LogP contribution in [0.25, 0.3) is 0 Å². The molecule has 1 atom stereocenters. The molecule has 2 rings (SSSR count). The van der Waals surface area contributed by atoms with E-state index >= 15 is 0 Å². The molecule has 7 heteroatoms. The van der Waals surface area contributed by atoms with E-state index in [2.05, 4.69) is 5.32 Å². The number of hydrogen-bond acceptors (Lipinski definition) is 4. The van der Waals surface area contributed by atoms with Crippen LogP contribution in [0, 0.1) is 5.82 Å². The number of carbonyl (C=O) groups is 2. The first-order valence-electron chi connectivity index (χ1n) is 7.99. The van der Waals surface area contributed by atoms with Crippen molar-refractivity contribution >= 4 is 11.9 Å². The Hall–Kier alpha value is -2.93. The summed E-state index contributed by atoms with van der Waals surface area (Å²) >= 11 is 0. The Balaban J connectivity index is 2.06. The van der Waals surface area contributed by atoms with Gasteiger partial charge >= 0.3 is 5.97 Å². The monoisotopic (exact) mass is 361 g/mol. The van der Waals surface area contributed by atoms with Crippen LogP contribution in [0.2, 0.25) is 0 Å². The molecule has 0 radical (unpaired) electrons. The zero-order valence-corrected chi connectivity index (χ0v) is 14.3. The molecule has 0 saturated carbocycles. The maximum absolute atomic E-state index is 13.1. The molecular formula is C19H20FNO5. The number of halogens is 1.